The van der Waals surface area contributed by atoms with Crippen molar-refractivity contribution in [3.63, 3.8) is 0 Å². The van der Waals surface area contributed by atoms with Crippen LogP contribution in [0.2, 0.25) is 10.0 Å². The molecule has 37 heavy (non-hydrogen) atoms. The van der Waals surface area contributed by atoms with E-state index >= 15 is 0 Å². The van der Waals surface area contributed by atoms with Crippen LogP contribution in [0.5, 0.6) is 0 Å². The van der Waals surface area contributed by atoms with Crippen molar-refractivity contribution in [3.8, 4) is 0 Å². The van der Waals surface area contributed by atoms with Crippen LogP contribution < -0.4 is 5.32 Å². The lowest BCUT2D eigenvalue weighted by Gasteiger charge is -2.33. The Labute approximate surface area is 235 Å². The van der Waals surface area contributed by atoms with Gasteiger partial charge in [-0.05, 0) is 114 Å². The van der Waals surface area contributed by atoms with Crippen LogP contribution in [0.3, 0.4) is 0 Å². The molecule has 1 amide bonds. The average molecular weight is 555 g/mol. The first-order valence-electron chi connectivity index (χ1n) is 14.3. The molecule has 6 atom stereocenters. The number of amides is 1. The van der Waals surface area contributed by atoms with Crippen LogP contribution in [0, 0.1) is 23.7 Å². The summed E-state index contributed by atoms with van der Waals surface area (Å²) in [6.45, 7) is 12.2. The minimum Gasteiger partial charge on any atom is -0.378 e. The van der Waals surface area contributed by atoms with E-state index in [9.17, 15) is 4.79 Å². The first-order valence-corrected chi connectivity index (χ1v) is 15.1. The Morgan fingerprint density at radius 2 is 1.95 bits per heavy atom. The number of carbonyl (C=O) groups is 1. The third-order valence-corrected chi connectivity index (χ3v) is 9.56. The van der Waals surface area contributed by atoms with Crippen LogP contribution in [-0.2, 0) is 16.0 Å². The number of ether oxygens (including phenoxy) is 1. The predicted octanol–water partition coefficient (Wildman–Crippen LogP) is 6.16. The van der Waals surface area contributed by atoms with Crippen LogP contribution in [0.1, 0.15) is 64.9 Å². The molecule has 0 aromatic heterocycles. The molecular weight excluding hydrogens is 505 g/mol. The fourth-order valence-electron chi connectivity index (χ4n) is 6.11. The van der Waals surface area contributed by atoms with E-state index < -0.39 is 0 Å². The molecule has 6 unspecified atom stereocenters. The Morgan fingerprint density at radius 1 is 1.16 bits per heavy atom. The van der Waals surface area contributed by atoms with E-state index in [-0.39, 0.29) is 5.91 Å². The summed E-state index contributed by atoms with van der Waals surface area (Å²) in [4.78, 5) is 17.4. The average Bonchev–Trinajstić information content (AvgIpc) is 3.28. The van der Waals surface area contributed by atoms with Gasteiger partial charge in [-0.25, -0.2) is 0 Å². The van der Waals surface area contributed by atoms with Crippen molar-refractivity contribution < 1.29 is 9.53 Å². The molecule has 0 spiro atoms. The van der Waals surface area contributed by atoms with Crippen molar-refractivity contribution in [2.45, 2.75) is 77.9 Å². The van der Waals surface area contributed by atoms with Gasteiger partial charge in [-0.15, -0.1) is 0 Å². The van der Waals surface area contributed by atoms with Crippen LogP contribution in [0.25, 0.3) is 0 Å². The monoisotopic (exact) mass is 553 g/mol. The molecule has 1 saturated carbocycles. The minimum absolute atomic E-state index is 0.0456. The van der Waals surface area contributed by atoms with E-state index in [0.717, 1.165) is 51.2 Å². The predicted molar refractivity (Wildman–Crippen MR) is 156 cm³/mol. The SMILES string of the molecule is CC1CC(C(C)N2CCC(CNC(=O)Cc3ccc(Cl)c(Cl)c3)C2)CCC(OCCCCN(C)C)C1C. The number of halogens is 2. The quantitative estimate of drug-likeness (QED) is 0.248. The lowest BCUT2D eigenvalue weighted by atomic mass is 9.85. The number of hydrogen-bond acceptors (Lipinski definition) is 4. The molecule has 3 rings (SSSR count). The Kier molecular flexibility index (Phi) is 12.5. The lowest BCUT2D eigenvalue weighted by Crippen LogP contribution is -2.38. The largest absolute Gasteiger partial charge is 0.378 e. The van der Waals surface area contributed by atoms with Crippen molar-refractivity contribution in [3.05, 3.63) is 33.8 Å². The molecule has 1 heterocycles. The van der Waals surface area contributed by atoms with Crippen molar-refractivity contribution >= 4 is 29.1 Å². The number of carbonyl (C=O) groups excluding carboxylic acids is 1. The molecule has 2 fully saturated rings. The summed E-state index contributed by atoms with van der Waals surface area (Å²) in [5.41, 5.74) is 0.890. The number of likely N-dealkylation sites (tertiary alicyclic amines) is 1. The molecule has 1 aliphatic carbocycles. The Hall–Kier alpha value is -0.850. The zero-order valence-corrected chi connectivity index (χ0v) is 25.2. The van der Waals surface area contributed by atoms with Gasteiger partial charge in [0.25, 0.3) is 0 Å². The zero-order valence-electron chi connectivity index (χ0n) is 23.6. The smallest absolute Gasteiger partial charge is 0.224 e. The zero-order chi connectivity index (χ0) is 26.9. The highest BCUT2D eigenvalue weighted by molar-refractivity contribution is 6.42. The number of unbranched alkanes of at least 4 members (excludes halogenated alkanes) is 1. The van der Waals surface area contributed by atoms with Gasteiger partial charge in [-0.1, -0.05) is 43.1 Å². The third-order valence-electron chi connectivity index (χ3n) is 8.82. The van der Waals surface area contributed by atoms with E-state index in [1.165, 1.54) is 25.7 Å². The van der Waals surface area contributed by atoms with Gasteiger partial charge in [0.1, 0.15) is 0 Å². The van der Waals surface area contributed by atoms with Crippen LogP contribution in [-0.4, -0.2) is 74.7 Å². The number of hydrogen-bond donors (Lipinski definition) is 1. The van der Waals surface area contributed by atoms with Gasteiger partial charge in [0.2, 0.25) is 5.91 Å². The third kappa shape index (κ3) is 9.69. The van der Waals surface area contributed by atoms with Crippen molar-refractivity contribution in [2.24, 2.45) is 23.7 Å². The summed E-state index contributed by atoms with van der Waals surface area (Å²) in [7, 11) is 4.27. The second-order valence-corrected chi connectivity index (χ2v) is 12.8. The standard InChI is InChI=1S/C30H49Cl2N3O2/c1-21-16-26(9-11-29(22(21)2)37-15-7-6-13-34(4)5)23(3)35-14-12-25(20-35)19-33-30(36)18-24-8-10-27(31)28(32)17-24/h8,10,17,21-23,25-26,29H,6-7,9,11-16,18-20H2,1-5H3,(H,33,36). The second-order valence-electron chi connectivity index (χ2n) is 11.9. The molecular formula is C30H49Cl2N3O2. The molecule has 0 radical (unpaired) electrons. The fraction of sp³-hybridized carbons (Fsp3) is 0.767. The number of rotatable bonds is 12. The Bertz CT molecular complexity index is 852. The van der Waals surface area contributed by atoms with E-state index in [4.69, 9.17) is 27.9 Å². The molecule has 7 heteroatoms. The fourth-order valence-corrected chi connectivity index (χ4v) is 6.43. The van der Waals surface area contributed by atoms with Crippen molar-refractivity contribution in [1.82, 2.24) is 15.1 Å². The maximum Gasteiger partial charge on any atom is 0.224 e. The van der Waals surface area contributed by atoms with Crippen molar-refractivity contribution in [2.75, 3.05) is 46.9 Å². The molecule has 5 nitrogen and oxygen atoms in total. The maximum absolute atomic E-state index is 12.5. The van der Waals surface area contributed by atoms with E-state index in [1.807, 2.05) is 6.07 Å². The highest BCUT2D eigenvalue weighted by Gasteiger charge is 2.36. The molecule has 0 bridgehead atoms. The van der Waals surface area contributed by atoms with Crippen LogP contribution >= 0.6 is 23.2 Å². The molecule has 210 valence electrons. The van der Waals surface area contributed by atoms with E-state index in [1.54, 1.807) is 12.1 Å². The molecule has 2 aliphatic rings. The first kappa shape index (κ1) is 30.7. The van der Waals surface area contributed by atoms with Gasteiger partial charge in [-0.3, -0.25) is 4.79 Å². The summed E-state index contributed by atoms with van der Waals surface area (Å²) in [6.07, 6.45) is 7.93. The molecule has 1 N–H and O–H groups in total. The number of benzene rings is 1. The molecule has 1 aromatic rings. The Morgan fingerprint density at radius 3 is 2.68 bits per heavy atom. The van der Waals surface area contributed by atoms with E-state index in [2.05, 4.69) is 50.0 Å². The van der Waals surface area contributed by atoms with Gasteiger partial charge in [0.15, 0.2) is 0 Å². The lowest BCUT2D eigenvalue weighted by molar-refractivity contribution is -0.120. The summed E-state index contributed by atoms with van der Waals surface area (Å²) in [5, 5.41) is 4.16. The van der Waals surface area contributed by atoms with Crippen LogP contribution in [0.15, 0.2) is 18.2 Å². The van der Waals surface area contributed by atoms with Gasteiger partial charge >= 0.3 is 0 Å². The highest BCUT2D eigenvalue weighted by Crippen LogP contribution is 2.37. The van der Waals surface area contributed by atoms with Crippen molar-refractivity contribution in [1.29, 1.82) is 0 Å². The molecule has 1 saturated heterocycles. The number of nitrogens with zero attached hydrogens (tertiary/aromatic N) is 2. The topological polar surface area (TPSA) is 44.8 Å². The van der Waals surface area contributed by atoms with E-state index in [0.29, 0.717) is 52.3 Å². The second kappa shape index (κ2) is 15.1. The summed E-state index contributed by atoms with van der Waals surface area (Å²) < 4.78 is 6.42. The normalized spacial score (nSPS) is 27.8. The van der Waals surface area contributed by atoms with Gasteiger partial charge in [0, 0.05) is 25.7 Å². The Balaban J connectivity index is 1.41. The van der Waals surface area contributed by atoms with Crippen LogP contribution in [0.4, 0.5) is 0 Å². The molecule has 1 aliphatic heterocycles. The summed E-state index contributed by atoms with van der Waals surface area (Å²) in [5.74, 6) is 2.57. The van der Waals surface area contributed by atoms with Gasteiger partial charge in [0.05, 0.1) is 22.6 Å². The summed E-state index contributed by atoms with van der Waals surface area (Å²) in [6, 6.07) is 5.96. The van der Waals surface area contributed by atoms with Gasteiger partial charge in [-0.2, -0.15) is 0 Å². The number of nitrogens with one attached hydrogen (secondary N) is 1. The highest BCUT2D eigenvalue weighted by atomic mass is 35.5. The summed E-state index contributed by atoms with van der Waals surface area (Å²) >= 11 is 12.1. The van der Waals surface area contributed by atoms with Gasteiger partial charge < -0.3 is 19.9 Å². The maximum atomic E-state index is 12.5. The first-order chi connectivity index (χ1) is 17.6. The minimum atomic E-state index is 0.0456. The molecule has 1 aromatic carbocycles.